The van der Waals surface area contributed by atoms with Gasteiger partial charge in [0.2, 0.25) is 0 Å². The number of carbonyl (C=O) groups excluding carboxylic acids is 1. The topological polar surface area (TPSA) is 84.6 Å². The highest BCUT2D eigenvalue weighted by Gasteiger charge is 2.16. The van der Waals surface area contributed by atoms with Crippen LogP contribution >= 0.6 is 0 Å². The van der Waals surface area contributed by atoms with Crippen LogP contribution in [0, 0.1) is 0 Å². The van der Waals surface area contributed by atoms with Gasteiger partial charge in [0, 0.05) is 12.2 Å². The number of rotatable bonds is 3. The quantitative estimate of drug-likeness (QED) is 0.768. The van der Waals surface area contributed by atoms with Crippen LogP contribution in [0.3, 0.4) is 0 Å². The van der Waals surface area contributed by atoms with Gasteiger partial charge in [-0.05, 0) is 38.5 Å². The Kier molecular flexibility index (Phi) is 4.69. The predicted molar refractivity (Wildman–Crippen MR) is 70.3 cm³/mol. The zero-order chi connectivity index (χ0) is 13.8. The molecule has 0 bridgehead atoms. The van der Waals surface area contributed by atoms with Gasteiger partial charge in [-0.2, -0.15) is 0 Å². The zero-order valence-electron chi connectivity index (χ0n) is 10.9. The standard InChI is InChI=1S/C13H20N2O3/c1-13(2,3)18-12(17)15-10-6-4-5-9(7-10)11(16)8-14/h4-7,11,16H,8,14H2,1-3H3,(H,15,17). The highest BCUT2D eigenvalue weighted by Crippen LogP contribution is 2.17. The van der Waals surface area contributed by atoms with E-state index in [-0.39, 0.29) is 6.54 Å². The summed E-state index contributed by atoms with van der Waals surface area (Å²) in [5, 5.41) is 12.2. The zero-order valence-corrected chi connectivity index (χ0v) is 10.9. The van der Waals surface area contributed by atoms with Gasteiger partial charge in [-0.25, -0.2) is 4.79 Å². The summed E-state index contributed by atoms with van der Waals surface area (Å²) in [7, 11) is 0. The number of benzene rings is 1. The summed E-state index contributed by atoms with van der Waals surface area (Å²) in [6.07, 6.45) is -1.26. The van der Waals surface area contributed by atoms with E-state index in [2.05, 4.69) is 5.32 Å². The molecule has 0 aromatic heterocycles. The molecule has 0 radical (unpaired) electrons. The van der Waals surface area contributed by atoms with Crippen molar-refractivity contribution in [2.24, 2.45) is 5.73 Å². The second-order valence-electron chi connectivity index (χ2n) is 5.00. The Morgan fingerprint density at radius 2 is 2.17 bits per heavy atom. The maximum atomic E-state index is 11.6. The lowest BCUT2D eigenvalue weighted by atomic mass is 10.1. The number of aliphatic hydroxyl groups is 1. The fourth-order valence-corrected chi connectivity index (χ4v) is 1.38. The number of nitrogens with two attached hydrogens (primary N) is 1. The average Bonchev–Trinajstić information content (AvgIpc) is 2.25. The fraction of sp³-hybridized carbons (Fsp3) is 0.462. The number of nitrogens with one attached hydrogen (secondary N) is 1. The summed E-state index contributed by atoms with van der Waals surface area (Å²) >= 11 is 0. The molecule has 0 saturated carbocycles. The largest absolute Gasteiger partial charge is 0.444 e. The number of hydrogen-bond acceptors (Lipinski definition) is 4. The van der Waals surface area contributed by atoms with Gasteiger partial charge in [-0.1, -0.05) is 12.1 Å². The van der Waals surface area contributed by atoms with Crippen LogP contribution in [0.5, 0.6) is 0 Å². The first kappa shape index (κ1) is 14.5. The monoisotopic (exact) mass is 252 g/mol. The van der Waals surface area contributed by atoms with E-state index >= 15 is 0 Å². The number of ether oxygens (including phenoxy) is 1. The Morgan fingerprint density at radius 1 is 1.50 bits per heavy atom. The molecule has 4 N–H and O–H groups in total. The van der Waals surface area contributed by atoms with Crippen LogP contribution in [-0.4, -0.2) is 23.3 Å². The lowest BCUT2D eigenvalue weighted by Gasteiger charge is -2.20. The SMILES string of the molecule is CC(C)(C)OC(=O)Nc1cccc(C(O)CN)c1. The van der Waals surface area contributed by atoms with Crippen LogP contribution in [0.25, 0.3) is 0 Å². The average molecular weight is 252 g/mol. The molecule has 0 aliphatic carbocycles. The first-order valence-electron chi connectivity index (χ1n) is 5.80. The second kappa shape index (κ2) is 5.84. The Bertz CT molecular complexity index is 413. The van der Waals surface area contributed by atoms with Crippen molar-refractivity contribution >= 4 is 11.8 Å². The third-order valence-electron chi connectivity index (χ3n) is 2.14. The van der Waals surface area contributed by atoms with E-state index in [0.717, 1.165) is 0 Å². The second-order valence-corrected chi connectivity index (χ2v) is 5.00. The smallest absolute Gasteiger partial charge is 0.412 e. The molecule has 0 heterocycles. The highest BCUT2D eigenvalue weighted by molar-refractivity contribution is 5.84. The molecule has 0 fully saturated rings. The van der Waals surface area contributed by atoms with Crippen LogP contribution in [0.15, 0.2) is 24.3 Å². The van der Waals surface area contributed by atoms with Crippen LogP contribution in [-0.2, 0) is 4.74 Å². The number of hydrogen-bond donors (Lipinski definition) is 3. The Hall–Kier alpha value is -1.59. The van der Waals surface area contributed by atoms with Crippen LogP contribution < -0.4 is 11.1 Å². The van der Waals surface area contributed by atoms with E-state index < -0.39 is 17.8 Å². The molecule has 1 rings (SSSR count). The fourth-order valence-electron chi connectivity index (χ4n) is 1.38. The van der Waals surface area contributed by atoms with Crippen molar-refractivity contribution in [3.63, 3.8) is 0 Å². The molecule has 1 aromatic carbocycles. The predicted octanol–water partition coefficient (Wildman–Crippen LogP) is 2.03. The summed E-state index contributed by atoms with van der Waals surface area (Å²) in [6.45, 7) is 5.51. The summed E-state index contributed by atoms with van der Waals surface area (Å²) in [5.74, 6) is 0. The Balaban J connectivity index is 2.71. The first-order chi connectivity index (χ1) is 8.31. The van der Waals surface area contributed by atoms with E-state index in [9.17, 15) is 9.90 Å². The Morgan fingerprint density at radius 3 is 2.72 bits per heavy atom. The maximum absolute atomic E-state index is 11.6. The van der Waals surface area contributed by atoms with Crippen molar-refractivity contribution in [3.8, 4) is 0 Å². The Labute approximate surface area is 107 Å². The summed E-state index contributed by atoms with van der Waals surface area (Å²) in [5.41, 5.74) is 6.06. The van der Waals surface area contributed by atoms with Crippen molar-refractivity contribution in [2.45, 2.75) is 32.5 Å². The van der Waals surface area contributed by atoms with Crippen LogP contribution in [0.4, 0.5) is 10.5 Å². The minimum atomic E-state index is -0.731. The van der Waals surface area contributed by atoms with Gasteiger partial charge >= 0.3 is 6.09 Å². The minimum absolute atomic E-state index is 0.135. The molecule has 18 heavy (non-hydrogen) atoms. The molecule has 1 atom stereocenters. The molecule has 5 heteroatoms. The van der Waals surface area contributed by atoms with E-state index in [1.807, 2.05) is 0 Å². The van der Waals surface area contributed by atoms with E-state index in [4.69, 9.17) is 10.5 Å². The number of anilines is 1. The molecule has 1 aromatic rings. The van der Waals surface area contributed by atoms with Crippen molar-refractivity contribution in [3.05, 3.63) is 29.8 Å². The molecular weight excluding hydrogens is 232 g/mol. The molecular formula is C13H20N2O3. The maximum Gasteiger partial charge on any atom is 0.412 e. The van der Waals surface area contributed by atoms with Gasteiger partial charge in [-0.3, -0.25) is 5.32 Å². The van der Waals surface area contributed by atoms with E-state index in [0.29, 0.717) is 11.3 Å². The molecule has 0 spiro atoms. The first-order valence-corrected chi connectivity index (χ1v) is 5.80. The minimum Gasteiger partial charge on any atom is -0.444 e. The molecule has 0 aliphatic rings. The van der Waals surface area contributed by atoms with Crippen molar-refractivity contribution in [1.29, 1.82) is 0 Å². The summed E-state index contributed by atoms with van der Waals surface area (Å²) < 4.78 is 5.13. The molecule has 5 nitrogen and oxygen atoms in total. The number of carbonyl (C=O) groups is 1. The van der Waals surface area contributed by atoms with Crippen LogP contribution in [0.2, 0.25) is 0 Å². The lowest BCUT2D eigenvalue weighted by Crippen LogP contribution is -2.27. The molecule has 0 aliphatic heterocycles. The summed E-state index contributed by atoms with van der Waals surface area (Å²) in [4.78, 5) is 11.6. The van der Waals surface area contributed by atoms with Gasteiger partial charge in [0.1, 0.15) is 5.60 Å². The molecule has 1 unspecified atom stereocenters. The molecule has 0 saturated heterocycles. The van der Waals surface area contributed by atoms with Crippen molar-refractivity contribution < 1.29 is 14.6 Å². The summed E-state index contributed by atoms with van der Waals surface area (Å²) in [6, 6.07) is 6.87. The van der Waals surface area contributed by atoms with Gasteiger partial charge < -0.3 is 15.6 Å². The van der Waals surface area contributed by atoms with Gasteiger partial charge in [0.25, 0.3) is 0 Å². The number of aliphatic hydroxyl groups excluding tert-OH is 1. The van der Waals surface area contributed by atoms with Gasteiger partial charge in [-0.15, -0.1) is 0 Å². The van der Waals surface area contributed by atoms with E-state index in [1.54, 1.807) is 45.0 Å². The number of amides is 1. The van der Waals surface area contributed by atoms with Gasteiger partial charge in [0.05, 0.1) is 6.10 Å². The van der Waals surface area contributed by atoms with E-state index in [1.165, 1.54) is 0 Å². The highest BCUT2D eigenvalue weighted by atomic mass is 16.6. The van der Waals surface area contributed by atoms with Crippen molar-refractivity contribution in [1.82, 2.24) is 0 Å². The van der Waals surface area contributed by atoms with Crippen LogP contribution in [0.1, 0.15) is 32.4 Å². The molecule has 100 valence electrons. The molecule has 1 amide bonds. The normalized spacial score (nSPS) is 12.9. The van der Waals surface area contributed by atoms with Crippen molar-refractivity contribution in [2.75, 3.05) is 11.9 Å². The third kappa shape index (κ3) is 4.73. The third-order valence-corrected chi connectivity index (χ3v) is 2.14. The van der Waals surface area contributed by atoms with Gasteiger partial charge in [0.15, 0.2) is 0 Å². The lowest BCUT2D eigenvalue weighted by molar-refractivity contribution is 0.0636.